The lowest BCUT2D eigenvalue weighted by Crippen LogP contribution is -2.37. The van der Waals surface area contributed by atoms with Gasteiger partial charge in [0.15, 0.2) is 11.5 Å². The highest BCUT2D eigenvalue weighted by molar-refractivity contribution is 5.75. The third-order valence-corrected chi connectivity index (χ3v) is 5.64. The van der Waals surface area contributed by atoms with Gasteiger partial charge in [-0.15, -0.1) is 0 Å². The quantitative estimate of drug-likeness (QED) is 0.676. The Morgan fingerprint density at radius 2 is 1.96 bits per heavy atom. The van der Waals surface area contributed by atoms with Gasteiger partial charge in [0.05, 0.1) is 14.2 Å². The predicted molar refractivity (Wildman–Crippen MR) is 99.0 cm³/mol. The Hall–Kier alpha value is -1.97. The van der Waals surface area contributed by atoms with E-state index >= 15 is 0 Å². The number of carbonyl (C=O) groups excluding carboxylic acids is 1. The molecule has 0 radical (unpaired) electrons. The third kappa shape index (κ3) is 4.00. The Morgan fingerprint density at radius 1 is 1.16 bits per heavy atom. The first-order valence-corrected chi connectivity index (χ1v) is 9.31. The first-order valence-electron chi connectivity index (χ1n) is 9.31. The molecule has 1 saturated carbocycles. The van der Waals surface area contributed by atoms with E-state index < -0.39 is 0 Å². The largest absolute Gasteiger partial charge is 0.493 e. The van der Waals surface area contributed by atoms with Crippen LogP contribution < -0.4 is 9.47 Å². The van der Waals surface area contributed by atoms with Crippen LogP contribution in [0.1, 0.15) is 31.7 Å². The minimum absolute atomic E-state index is 0.257. The Labute approximate surface area is 150 Å². The van der Waals surface area contributed by atoms with Crippen molar-refractivity contribution in [2.24, 2.45) is 17.8 Å². The van der Waals surface area contributed by atoms with Gasteiger partial charge in [0.2, 0.25) is 5.91 Å². The maximum Gasteiger partial charge on any atom is 0.222 e. The summed E-state index contributed by atoms with van der Waals surface area (Å²) in [4.78, 5) is 14.5. The highest BCUT2D eigenvalue weighted by Crippen LogP contribution is 2.43. The van der Waals surface area contributed by atoms with Crippen molar-refractivity contribution in [3.05, 3.63) is 35.9 Å². The number of hydrogen-bond acceptors (Lipinski definition) is 3. The number of amides is 1. The number of methoxy groups -OCH3 is 2. The number of nitrogens with zero attached hydrogens (tertiary/aromatic N) is 1. The van der Waals surface area contributed by atoms with Crippen molar-refractivity contribution in [2.75, 3.05) is 27.3 Å². The van der Waals surface area contributed by atoms with E-state index in [4.69, 9.17) is 9.47 Å². The average Bonchev–Trinajstić information content (AvgIpc) is 3.27. The van der Waals surface area contributed by atoms with Gasteiger partial charge in [-0.2, -0.15) is 0 Å². The van der Waals surface area contributed by atoms with Crippen LogP contribution in [0, 0.1) is 17.8 Å². The molecule has 25 heavy (non-hydrogen) atoms. The molecule has 0 aliphatic heterocycles. The maximum absolute atomic E-state index is 12.4. The fourth-order valence-electron chi connectivity index (χ4n) is 4.23. The molecule has 1 fully saturated rings. The molecule has 2 bridgehead atoms. The van der Waals surface area contributed by atoms with Crippen molar-refractivity contribution >= 4 is 5.91 Å². The summed E-state index contributed by atoms with van der Waals surface area (Å²) >= 11 is 0. The summed E-state index contributed by atoms with van der Waals surface area (Å²) < 4.78 is 10.7. The molecule has 2 aliphatic rings. The van der Waals surface area contributed by atoms with E-state index in [1.165, 1.54) is 18.4 Å². The van der Waals surface area contributed by atoms with E-state index in [1.807, 2.05) is 19.1 Å². The molecule has 0 aromatic heterocycles. The molecule has 2 aliphatic carbocycles. The molecule has 1 aromatic rings. The van der Waals surface area contributed by atoms with E-state index in [2.05, 4.69) is 23.1 Å². The fraction of sp³-hybridized carbons (Fsp3) is 0.571. The van der Waals surface area contributed by atoms with E-state index in [9.17, 15) is 4.79 Å². The molecule has 4 heteroatoms. The molecule has 0 heterocycles. The standard InChI is InChI=1S/C21H29NO3/c1-4-21(23)22(14-18-12-16-5-7-17(18)11-16)10-9-15-6-8-19(24-2)20(13-15)25-3/h5-8,13,16-18H,4,9-12,14H2,1-3H3. The average molecular weight is 343 g/mol. The number of ether oxygens (including phenoxy) is 2. The molecular weight excluding hydrogens is 314 g/mol. The topological polar surface area (TPSA) is 38.8 Å². The number of benzene rings is 1. The summed E-state index contributed by atoms with van der Waals surface area (Å²) in [5.74, 6) is 3.80. The van der Waals surface area contributed by atoms with E-state index in [0.717, 1.165) is 36.9 Å². The molecule has 1 amide bonds. The Balaban J connectivity index is 1.63. The van der Waals surface area contributed by atoms with E-state index in [-0.39, 0.29) is 5.91 Å². The van der Waals surface area contributed by atoms with Gasteiger partial charge >= 0.3 is 0 Å². The van der Waals surface area contributed by atoms with Crippen LogP contribution in [0.15, 0.2) is 30.4 Å². The van der Waals surface area contributed by atoms with E-state index in [1.54, 1.807) is 14.2 Å². The van der Waals surface area contributed by atoms with Gasteiger partial charge in [-0.05, 0) is 54.7 Å². The zero-order valence-corrected chi connectivity index (χ0v) is 15.5. The maximum atomic E-state index is 12.4. The molecule has 136 valence electrons. The van der Waals surface area contributed by atoms with Crippen molar-refractivity contribution in [3.8, 4) is 11.5 Å². The third-order valence-electron chi connectivity index (χ3n) is 5.64. The summed E-state index contributed by atoms with van der Waals surface area (Å²) in [6, 6.07) is 5.99. The van der Waals surface area contributed by atoms with Crippen LogP contribution in [0.5, 0.6) is 11.5 Å². The second-order valence-electron chi connectivity index (χ2n) is 7.17. The highest BCUT2D eigenvalue weighted by atomic mass is 16.5. The number of allylic oxidation sites excluding steroid dienone is 2. The zero-order chi connectivity index (χ0) is 17.8. The summed E-state index contributed by atoms with van der Waals surface area (Å²) in [6.45, 7) is 3.61. The minimum Gasteiger partial charge on any atom is -0.493 e. The molecular formula is C21H29NO3. The van der Waals surface area contributed by atoms with Crippen molar-refractivity contribution in [3.63, 3.8) is 0 Å². The predicted octanol–water partition coefficient (Wildman–Crippen LogP) is 3.70. The van der Waals surface area contributed by atoms with Crippen LogP contribution in [0.4, 0.5) is 0 Å². The van der Waals surface area contributed by atoms with Crippen molar-refractivity contribution < 1.29 is 14.3 Å². The van der Waals surface area contributed by atoms with Gasteiger partial charge in [0, 0.05) is 19.5 Å². The molecule has 0 spiro atoms. The highest BCUT2D eigenvalue weighted by Gasteiger charge is 2.36. The zero-order valence-electron chi connectivity index (χ0n) is 15.5. The molecule has 0 saturated heterocycles. The second-order valence-corrected chi connectivity index (χ2v) is 7.17. The van der Waals surface area contributed by atoms with Gasteiger partial charge in [-0.25, -0.2) is 0 Å². The molecule has 0 N–H and O–H groups in total. The first kappa shape index (κ1) is 17.8. The van der Waals surface area contributed by atoms with Crippen molar-refractivity contribution in [1.29, 1.82) is 0 Å². The van der Waals surface area contributed by atoms with Crippen LogP contribution in [0.2, 0.25) is 0 Å². The molecule has 3 atom stereocenters. The minimum atomic E-state index is 0.257. The van der Waals surface area contributed by atoms with Crippen LogP contribution in [0.3, 0.4) is 0 Å². The Bertz CT molecular complexity index is 640. The van der Waals surface area contributed by atoms with Crippen LogP contribution in [-0.4, -0.2) is 38.1 Å². The van der Waals surface area contributed by atoms with Gasteiger partial charge < -0.3 is 14.4 Å². The van der Waals surface area contributed by atoms with Crippen LogP contribution in [-0.2, 0) is 11.2 Å². The van der Waals surface area contributed by atoms with Crippen LogP contribution >= 0.6 is 0 Å². The summed E-state index contributed by atoms with van der Waals surface area (Å²) in [5, 5.41) is 0. The number of fused-ring (bicyclic) bond motifs is 2. The SMILES string of the molecule is CCC(=O)N(CCc1ccc(OC)c(OC)c1)CC1CC2C=CC1C2. The number of hydrogen-bond donors (Lipinski definition) is 0. The smallest absolute Gasteiger partial charge is 0.222 e. The fourth-order valence-corrected chi connectivity index (χ4v) is 4.23. The van der Waals surface area contributed by atoms with Gasteiger partial charge in [-0.1, -0.05) is 25.1 Å². The normalized spacial score (nSPS) is 23.7. The lowest BCUT2D eigenvalue weighted by Gasteiger charge is -2.28. The molecule has 4 nitrogen and oxygen atoms in total. The monoisotopic (exact) mass is 343 g/mol. The summed E-state index contributed by atoms with van der Waals surface area (Å²) in [5.41, 5.74) is 1.17. The van der Waals surface area contributed by atoms with Crippen LogP contribution in [0.25, 0.3) is 0 Å². The lowest BCUT2D eigenvalue weighted by atomic mass is 9.93. The number of carbonyl (C=O) groups is 1. The van der Waals surface area contributed by atoms with Gasteiger partial charge in [-0.3, -0.25) is 4.79 Å². The van der Waals surface area contributed by atoms with E-state index in [0.29, 0.717) is 18.3 Å². The van der Waals surface area contributed by atoms with Gasteiger partial charge in [0.1, 0.15) is 0 Å². The van der Waals surface area contributed by atoms with Crippen molar-refractivity contribution in [1.82, 2.24) is 4.90 Å². The summed E-state index contributed by atoms with van der Waals surface area (Å²) in [7, 11) is 3.29. The Morgan fingerprint density at radius 3 is 2.56 bits per heavy atom. The second kappa shape index (κ2) is 7.94. The lowest BCUT2D eigenvalue weighted by molar-refractivity contribution is -0.131. The molecule has 1 aromatic carbocycles. The van der Waals surface area contributed by atoms with Crippen molar-refractivity contribution in [2.45, 2.75) is 32.6 Å². The summed E-state index contributed by atoms with van der Waals surface area (Å²) in [6.07, 6.45) is 8.66. The van der Waals surface area contributed by atoms with Gasteiger partial charge in [0.25, 0.3) is 0 Å². The number of rotatable bonds is 8. The first-order chi connectivity index (χ1) is 12.1. The molecule has 3 rings (SSSR count). The molecule has 3 unspecified atom stereocenters. The Kier molecular flexibility index (Phi) is 5.67.